The lowest BCUT2D eigenvalue weighted by Crippen LogP contribution is -2.22. The van der Waals surface area contributed by atoms with Gasteiger partial charge in [-0.3, -0.25) is 4.79 Å². The molecule has 27 heavy (non-hydrogen) atoms. The van der Waals surface area contributed by atoms with Crippen LogP contribution in [0.3, 0.4) is 0 Å². The quantitative estimate of drug-likeness (QED) is 0.773. The van der Waals surface area contributed by atoms with E-state index in [1.54, 1.807) is 6.07 Å². The van der Waals surface area contributed by atoms with Crippen LogP contribution in [0.15, 0.2) is 42.5 Å². The Morgan fingerprint density at radius 2 is 1.74 bits per heavy atom. The molecule has 0 saturated carbocycles. The standard InChI is InChI=1S/C18H16F3NO5/c1-25-11-7-8-14(15(9-11)26-2)22-16(23)10-27-17(24)12-5-3-4-6-13(12)18(19,20)21/h3-9H,10H2,1-2H3,(H,22,23). The van der Waals surface area contributed by atoms with Crippen molar-refractivity contribution in [1.82, 2.24) is 0 Å². The molecule has 0 bridgehead atoms. The van der Waals surface area contributed by atoms with Crippen molar-refractivity contribution in [1.29, 1.82) is 0 Å². The first-order valence-electron chi connectivity index (χ1n) is 7.61. The van der Waals surface area contributed by atoms with Crippen molar-refractivity contribution in [3.8, 4) is 11.5 Å². The molecule has 0 unspecified atom stereocenters. The summed E-state index contributed by atoms with van der Waals surface area (Å²) in [7, 11) is 2.85. The second kappa shape index (κ2) is 8.43. The van der Waals surface area contributed by atoms with Gasteiger partial charge in [-0.15, -0.1) is 0 Å². The molecule has 0 aromatic heterocycles. The summed E-state index contributed by atoms with van der Waals surface area (Å²) < 4.78 is 53.6. The highest BCUT2D eigenvalue weighted by Crippen LogP contribution is 2.32. The number of ether oxygens (including phenoxy) is 3. The SMILES string of the molecule is COc1ccc(NC(=O)COC(=O)c2ccccc2C(F)(F)F)c(OC)c1. The molecule has 2 rings (SSSR count). The van der Waals surface area contributed by atoms with Crippen LogP contribution in [0.2, 0.25) is 0 Å². The molecule has 0 heterocycles. The average molecular weight is 383 g/mol. The van der Waals surface area contributed by atoms with Crippen molar-refractivity contribution in [2.75, 3.05) is 26.1 Å². The molecule has 0 radical (unpaired) electrons. The monoisotopic (exact) mass is 383 g/mol. The van der Waals surface area contributed by atoms with Gasteiger partial charge < -0.3 is 19.5 Å². The number of alkyl halides is 3. The summed E-state index contributed by atoms with van der Waals surface area (Å²) in [6.07, 6.45) is -4.71. The Kier molecular flexibility index (Phi) is 6.27. The maximum absolute atomic E-state index is 12.9. The van der Waals surface area contributed by atoms with Gasteiger partial charge in [0, 0.05) is 6.07 Å². The fourth-order valence-corrected chi connectivity index (χ4v) is 2.21. The topological polar surface area (TPSA) is 73.9 Å². The van der Waals surface area contributed by atoms with Crippen molar-refractivity contribution in [2.24, 2.45) is 0 Å². The predicted octanol–water partition coefficient (Wildman–Crippen LogP) is 3.52. The second-order valence-electron chi connectivity index (χ2n) is 5.23. The summed E-state index contributed by atoms with van der Waals surface area (Å²) >= 11 is 0. The lowest BCUT2D eigenvalue weighted by molar-refractivity contribution is -0.138. The highest BCUT2D eigenvalue weighted by Gasteiger charge is 2.35. The zero-order valence-electron chi connectivity index (χ0n) is 14.4. The number of methoxy groups -OCH3 is 2. The smallest absolute Gasteiger partial charge is 0.417 e. The van der Waals surface area contributed by atoms with Gasteiger partial charge in [-0.1, -0.05) is 12.1 Å². The Balaban J connectivity index is 2.04. The van der Waals surface area contributed by atoms with Crippen LogP contribution in [0, 0.1) is 0 Å². The average Bonchev–Trinajstić information content (AvgIpc) is 2.65. The molecule has 144 valence electrons. The number of amides is 1. The van der Waals surface area contributed by atoms with Crippen molar-refractivity contribution in [3.05, 3.63) is 53.6 Å². The molecule has 1 amide bonds. The fraction of sp³-hybridized carbons (Fsp3) is 0.222. The van der Waals surface area contributed by atoms with Crippen molar-refractivity contribution >= 4 is 17.6 Å². The van der Waals surface area contributed by atoms with E-state index in [2.05, 4.69) is 5.32 Å². The number of rotatable bonds is 6. The number of halogens is 3. The number of carbonyl (C=O) groups excluding carboxylic acids is 2. The number of anilines is 1. The number of hydrogen-bond donors (Lipinski definition) is 1. The van der Waals surface area contributed by atoms with E-state index < -0.39 is 35.8 Å². The van der Waals surface area contributed by atoms with Crippen LogP contribution in [-0.4, -0.2) is 32.7 Å². The second-order valence-corrected chi connectivity index (χ2v) is 5.23. The maximum Gasteiger partial charge on any atom is 0.417 e. The minimum absolute atomic E-state index is 0.287. The minimum Gasteiger partial charge on any atom is -0.497 e. The van der Waals surface area contributed by atoms with Gasteiger partial charge in [-0.2, -0.15) is 13.2 Å². The van der Waals surface area contributed by atoms with Crippen LogP contribution >= 0.6 is 0 Å². The van der Waals surface area contributed by atoms with Gasteiger partial charge in [0.15, 0.2) is 6.61 Å². The third kappa shape index (κ3) is 5.13. The first-order chi connectivity index (χ1) is 12.8. The third-order valence-electron chi connectivity index (χ3n) is 3.47. The number of nitrogens with one attached hydrogen (secondary N) is 1. The highest BCUT2D eigenvalue weighted by molar-refractivity contribution is 5.97. The zero-order valence-corrected chi connectivity index (χ0v) is 14.4. The van der Waals surface area contributed by atoms with Gasteiger partial charge in [0.05, 0.1) is 31.0 Å². The number of esters is 1. The van der Waals surface area contributed by atoms with E-state index in [1.807, 2.05) is 0 Å². The zero-order chi connectivity index (χ0) is 20.0. The van der Waals surface area contributed by atoms with Gasteiger partial charge in [-0.05, 0) is 24.3 Å². The highest BCUT2D eigenvalue weighted by atomic mass is 19.4. The molecule has 0 saturated heterocycles. The summed E-state index contributed by atoms with van der Waals surface area (Å²) in [4.78, 5) is 23.9. The van der Waals surface area contributed by atoms with E-state index in [0.29, 0.717) is 11.5 Å². The molecule has 2 aromatic carbocycles. The first kappa shape index (κ1) is 20.1. The summed E-state index contributed by atoms with van der Waals surface area (Å²) in [5, 5.41) is 2.45. The van der Waals surface area contributed by atoms with Crippen molar-refractivity contribution in [2.45, 2.75) is 6.18 Å². The Bertz CT molecular complexity index is 836. The summed E-state index contributed by atoms with van der Waals surface area (Å²) in [5.41, 5.74) is -1.51. The Morgan fingerprint density at radius 3 is 2.37 bits per heavy atom. The van der Waals surface area contributed by atoms with E-state index in [9.17, 15) is 22.8 Å². The van der Waals surface area contributed by atoms with Crippen LogP contribution in [0.1, 0.15) is 15.9 Å². The van der Waals surface area contributed by atoms with Gasteiger partial charge in [0.2, 0.25) is 0 Å². The Hall–Kier alpha value is -3.23. The summed E-state index contributed by atoms with van der Waals surface area (Å²) in [6.45, 7) is -0.764. The van der Waals surface area contributed by atoms with E-state index in [1.165, 1.54) is 32.4 Å². The van der Waals surface area contributed by atoms with E-state index in [0.717, 1.165) is 18.2 Å². The van der Waals surface area contributed by atoms with Gasteiger partial charge in [0.1, 0.15) is 11.5 Å². The molecule has 0 aliphatic heterocycles. The van der Waals surface area contributed by atoms with Gasteiger partial charge in [-0.25, -0.2) is 4.79 Å². The van der Waals surface area contributed by atoms with Crippen LogP contribution < -0.4 is 14.8 Å². The van der Waals surface area contributed by atoms with Crippen LogP contribution in [-0.2, 0) is 15.7 Å². The summed E-state index contributed by atoms with van der Waals surface area (Å²) in [5.74, 6) is -1.19. The third-order valence-corrected chi connectivity index (χ3v) is 3.47. The van der Waals surface area contributed by atoms with E-state index in [-0.39, 0.29) is 5.69 Å². The van der Waals surface area contributed by atoms with Crippen LogP contribution in [0.25, 0.3) is 0 Å². The van der Waals surface area contributed by atoms with Crippen molar-refractivity contribution in [3.63, 3.8) is 0 Å². The van der Waals surface area contributed by atoms with Crippen molar-refractivity contribution < 1.29 is 37.0 Å². The molecule has 6 nitrogen and oxygen atoms in total. The molecular formula is C18H16F3NO5. The van der Waals surface area contributed by atoms with E-state index in [4.69, 9.17) is 14.2 Å². The Morgan fingerprint density at radius 1 is 1.04 bits per heavy atom. The molecule has 1 N–H and O–H groups in total. The first-order valence-corrected chi connectivity index (χ1v) is 7.61. The molecule has 0 spiro atoms. The summed E-state index contributed by atoms with van der Waals surface area (Å²) in [6, 6.07) is 8.78. The van der Waals surface area contributed by atoms with E-state index >= 15 is 0 Å². The van der Waals surface area contributed by atoms with Crippen LogP contribution in [0.4, 0.5) is 18.9 Å². The normalized spacial score (nSPS) is 10.9. The molecule has 0 fully saturated rings. The van der Waals surface area contributed by atoms with Crippen LogP contribution in [0.5, 0.6) is 11.5 Å². The van der Waals surface area contributed by atoms with Gasteiger partial charge >= 0.3 is 12.1 Å². The van der Waals surface area contributed by atoms with Gasteiger partial charge in [0.25, 0.3) is 5.91 Å². The number of hydrogen-bond acceptors (Lipinski definition) is 5. The maximum atomic E-state index is 12.9. The predicted molar refractivity (Wildman–Crippen MR) is 89.9 cm³/mol. The number of carbonyl (C=O) groups is 2. The minimum atomic E-state index is -4.71. The lowest BCUT2D eigenvalue weighted by Gasteiger charge is -2.13. The Labute approximate surface area is 152 Å². The molecule has 0 aliphatic rings. The molecule has 9 heteroatoms. The number of benzene rings is 2. The molecule has 0 aliphatic carbocycles. The molecule has 0 atom stereocenters. The lowest BCUT2D eigenvalue weighted by atomic mass is 10.1. The molecule has 2 aromatic rings. The fourth-order valence-electron chi connectivity index (χ4n) is 2.21. The largest absolute Gasteiger partial charge is 0.497 e. The molecular weight excluding hydrogens is 367 g/mol.